The molecule has 0 saturated heterocycles. The molecule has 0 heterocycles. The third-order valence-electron chi connectivity index (χ3n) is 2.61. The summed E-state index contributed by atoms with van der Waals surface area (Å²) >= 11 is 0. The van der Waals surface area contributed by atoms with Crippen LogP contribution in [0.1, 0.15) is 53.9 Å². The van der Waals surface area contributed by atoms with Crippen LogP contribution in [0.2, 0.25) is 0 Å². The van der Waals surface area contributed by atoms with E-state index in [2.05, 4.69) is 34.6 Å². The highest BCUT2D eigenvalue weighted by Crippen LogP contribution is 2.31. The van der Waals surface area contributed by atoms with Crippen molar-refractivity contribution in [2.75, 3.05) is 0 Å². The van der Waals surface area contributed by atoms with E-state index in [9.17, 15) is 5.11 Å². The van der Waals surface area contributed by atoms with Gasteiger partial charge in [-0.2, -0.15) is 0 Å². The Bertz CT molecular complexity index is 116. The topological polar surface area (TPSA) is 20.2 Å². The molecule has 0 aromatic rings. The van der Waals surface area contributed by atoms with E-state index >= 15 is 0 Å². The van der Waals surface area contributed by atoms with Crippen LogP contribution in [0.15, 0.2) is 0 Å². The van der Waals surface area contributed by atoms with Gasteiger partial charge in [-0.05, 0) is 17.8 Å². The van der Waals surface area contributed by atoms with E-state index in [0.717, 1.165) is 6.42 Å². The minimum atomic E-state index is -0.163. The summed E-state index contributed by atoms with van der Waals surface area (Å²) in [5.41, 5.74) is 0.0875. The van der Waals surface area contributed by atoms with Gasteiger partial charge < -0.3 is 5.11 Å². The zero-order chi connectivity index (χ0) is 9.78. The van der Waals surface area contributed by atoms with Crippen molar-refractivity contribution < 1.29 is 5.11 Å². The number of hydrogen-bond donors (Lipinski definition) is 1. The lowest BCUT2D eigenvalue weighted by atomic mass is 9.77. The van der Waals surface area contributed by atoms with E-state index in [1.165, 1.54) is 12.8 Å². The molecule has 1 N–H and O–H groups in total. The standard InChI is InChI=1S/C11H24O/c1-6-7-8-11(4,5)10(12)9(2)3/h9-10,12H,6-8H2,1-5H3. The number of aliphatic hydroxyl groups excluding tert-OH is 1. The van der Waals surface area contributed by atoms with Crippen LogP contribution in [-0.2, 0) is 0 Å². The van der Waals surface area contributed by atoms with Crippen LogP contribution in [-0.4, -0.2) is 11.2 Å². The van der Waals surface area contributed by atoms with E-state index in [1.807, 2.05) is 0 Å². The fourth-order valence-electron chi connectivity index (χ4n) is 1.68. The molecule has 1 heteroatoms. The molecular formula is C11H24O. The Kier molecular flexibility index (Phi) is 4.84. The van der Waals surface area contributed by atoms with Crippen molar-refractivity contribution in [1.82, 2.24) is 0 Å². The fraction of sp³-hybridized carbons (Fsp3) is 1.00. The normalized spacial score (nSPS) is 15.2. The van der Waals surface area contributed by atoms with Crippen LogP contribution in [0.5, 0.6) is 0 Å². The molecule has 0 aromatic heterocycles. The quantitative estimate of drug-likeness (QED) is 0.675. The fourth-order valence-corrected chi connectivity index (χ4v) is 1.68. The molecule has 0 bridgehead atoms. The van der Waals surface area contributed by atoms with Crippen molar-refractivity contribution in [2.45, 2.75) is 60.0 Å². The van der Waals surface area contributed by atoms with Gasteiger partial charge in [-0.3, -0.25) is 0 Å². The SMILES string of the molecule is CCCCC(C)(C)C(O)C(C)C. The predicted octanol–water partition coefficient (Wildman–Crippen LogP) is 3.22. The average Bonchev–Trinajstić information content (AvgIpc) is 1.99. The van der Waals surface area contributed by atoms with Crippen molar-refractivity contribution >= 4 is 0 Å². The molecule has 0 amide bonds. The largest absolute Gasteiger partial charge is 0.392 e. The first-order valence-electron chi connectivity index (χ1n) is 5.10. The van der Waals surface area contributed by atoms with Crippen molar-refractivity contribution in [2.24, 2.45) is 11.3 Å². The highest BCUT2D eigenvalue weighted by atomic mass is 16.3. The predicted molar refractivity (Wildman–Crippen MR) is 54.2 cm³/mol. The van der Waals surface area contributed by atoms with Crippen LogP contribution >= 0.6 is 0 Å². The van der Waals surface area contributed by atoms with E-state index < -0.39 is 0 Å². The Labute approximate surface area is 77.2 Å². The second-order valence-corrected chi connectivity index (χ2v) is 4.78. The monoisotopic (exact) mass is 172 g/mol. The summed E-state index contributed by atoms with van der Waals surface area (Å²) in [4.78, 5) is 0. The smallest absolute Gasteiger partial charge is 0.0614 e. The van der Waals surface area contributed by atoms with Crippen LogP contribution in [0.25, 0.3) is 0 Å². The first-order valence-corrected chi connectivity index (χ1v) is 5.10. The first-order chi connectivity index (χ1) is 5.41. The van der Waals surface area contributed by atoms with Crippen LogP contribution in [0.3, 0.4) is 0 Å². The molecule has 0 radical (unpaired) electrons. The third kappa shape index (κ3) is 3.57. The first kappa shape index (κ1) is 12.0. The maximum absolute atomic E-state index is 9.88. The van der Waals surface area contributed by atoms with Crippen LogP contribution in [0.4, 0.5) is 0 Å². The average molecular weight is 172 g/mol. The van der Waals surface area contributed by atoms with Gasteiger partial charge in [-0.1, -0.05) is 47.5 Å². The number of unbranched alkanes of at least 4 members (excludes halogenated alkanes) is 1. The Morgan fingerprint density at radius 3 is 2.08 bits per heavy atom. The van der Waals surface area contributed by atoms with Crippen molar-refractivity contribution in [3.05, 3.63) is 0 Å². The molecule has 12 heavy (non-hydrogen) atoms. The van der Waals surface area contributed by atoms with Gasteiger partial charge in [-0.15, -0.1) is 0 Å². The molecule has 1 nitrogen and oxygen atoms in total. The molecule has 74 valence electrons. The molecular weight excluding hydrogens is 148 g/mol. The van der Waals surface area contributed by atoms with Crippen LogP contribution < -0.4 is 0 Å². The molecule has 0 aliphatic carbocycles. The summed E-state index contributed by atoms with van der Waals surface area (Å²) in [6.07, 6.45) is 3.40. The van der Waals surface area contributed by atoms with E-state index in [1.54, 1.807) is 0 Å². The van der Waals surface area contributed by atoms with Gasteiger partial charge in [0.2, 0.25) is 0 Å². The lowest BCUT2D eigenvalue weighted by Gasteiger charge is -2.33. The number of aliphatic hydroxyl groups is 1. The van der Waals surface area contributed by atoms with Gasteiger partial charge in [-0.25, -0.2) is 0 Å². The van der Waals surface area contributed by atoms with Crippen molar-refractivity contribution in [3.8, 4) is 0 Å². The van der Waals surface area contributed by atoms with Gasteiger partial charge in [0.25, 0.3) is 0 Å². The number of hydrogen-bond acceptors (Lipinski definition) is 1. The minimum Gasteiger partial charge on any atom is -0.392 e. The van der Waals surface area contributed by atoms with Gasteiger partial charge in [0.05, 0.1) is 6.10 Å². The highest BCUT2D eigenvalue weighted by molar-refractivity contribution is 4.79. The molecule has 0 spiro atoms. The molecule has 0 rings (SSSR count). The van der Waals surface area contributed by atoms with Gasteiger partial charge >= 0.3 is 0 Å². The zero-order valence-electron chi connectivity index (χ0n) is 9.22. The van der Waals surface area contributed by atoms with Crippen molar-refractivity contribution in [3.63, 3.8) is 0 Å². The molecule has 0 aliphatic heterocycles. The summed E-state index contributed by atoms with van der Waals surface area (Å²) in [6, 6.07) is 0. The van der Waals surface area contributed by atoms with Gasteiger partial charge in [0, 0.05) is 0 Å². The van der Waals surface area contributed by atoms with Crippen LogP contribution in [0, 0.1) is 11.3 Å². The third-order valence-corrected chi connectivity index (χ3v) is 2.61. The van der Waals surface area contributed by atoms with Crippen molar-refractivity contribution in [1.29, 1.82) is 0 Å². The summed E-state index contributed by atoms with van der Waals surface area (Å²) in [5, 5.41) is 9.88. The highest BCUT2D eigenvalue weighted by Gasteiger charge is 2.28. The Balaban J connectivity index is 3.99. The molecule has 0 aromatic carbocycles. The molecule has 0 fully saturated rings. The Morgan fingerprint density at radius 1 is 1.25 bits per heavy atom. The summed E-state index contributed by atoms with van der Waals surface area (Å²) in [6.45, 7) is 10.7. The second kappa shape index (κ2) is 4.86. The van der Waals surface area contributed by atoms with E-state index in [0.29, 0.717) is 5.92 Å². The number of rotatable bonds is 5. The molecule has 1 atom stereocenters. The molecule has 0 saturated carbocycles. The molecule has 0 aliphatic rings. The maximum atomic E-state index is 9.88. The lowest BCUT2D eigenvalue weighted by Crippen LogP contribution is -2.33. The van der Waals surface area contributed by atoms with E-state index in [4.69, 9.17) is 0 Å². The van der Waals surface area contributed by atoms with Gasteiger partial charge in [0.15, 0.2) is 0 Å². The van der Waals surface area contributed by atoms with Gasteiger partial charge in [0.1, 0.15) is 0 Å². The lowest BCUT2D eigenvalue weighted by molar-refractivity contribution is 0.00685. The zero-order valence-corrected chi connectivity index (χ0v) is 9.22. The summed E-state index contributed by atoms with van der Waals surface area (Å²) in [5.74, 6) is 0.372. The summed E-state index contributed by atoms with van der Waals surface area (Å²) < 4.78 is 0. The molecule has 1 unspecified atom stereocenters. The van der Waals surface area contributed by atoms with E-state index in [-0.39, 0.29) is 11.5 Å². The Morgan fingerprint density at radius 2 is 1.75 bits per heavy atom. The maximum Gasteiger partial charge on any atom is 0.0614 e. The summed E-state index contributed by atoms with van der Waals surface area (Å²) in [7, 11) is 0. The minimum absolute atomic E-state index is 0.0875. The Hall–Kier alpha value is -0.0400. The second-order valence-electron chi connectivity index (χ2n) is 4.78.